The quantitative estimate of drug-likeness (QED) is 0.331. The fourth-order valence-corrected chi connectivity index (χ4v) is 4.10. The summed E-state index contributed by atoms with van der Waals surface area (Å²) in [5.41, 5.74) is 0.573. The number of phenolic OH excluding ortho intramolecular Hbond substituents is 1. The van der Waals surface area contributed by atoms with E-state index in [0.717, 1.165) is 5.56 Å². The zero-order valence-electron chi connectivity index (χ0n) is 21.8. The van der Waals surface area contributed by atoms with Crippen LogP contribution in [0.15, 0.2) is 54.6 Å². The van der Waals surface area contributed by atoms with Crippen LogP contribution in [-0.4, -0.2) is 69.8 Å². The monoisotopic (exact) mass is 531 g/mol. The second-order valence-corrected chi connectivity index (χ2v) is 10.4. The number of nitrogens with zero attached hydrogens (tertiary/aromatic N) is 1. The summed E-state index contributed by atoms with van der Waals surface area (Å²) in [6.45, 7) is 4.87. The van der Waals surface area contributed by atoms with Gasteiger partial charge < -0.3 is 30.5 Å². The third kappa shape index (κ3) is 9.97. The van der Waals surface area contributed by atoms with Crippen LogP contribution in [0.3, 0.4) is 0 Å². The largest absolute Gasteiger partial charge is 0.508 e. The van der Waals surface area contributed by atoms with Crippen molar-refractivity contribution in [2.24, 2.45) is 0 Å². The van der Waals surface area contributed by atoms with E-state index in [1.807, 2.05) is 36.6 Å². The van der Waals surface area contributed by atoms with Gasteiger partial charge in [-0.05, 0) is 62.5 Å². The molecule has 0 heterocycles. The van der Waals surface area contributed by atoms with Gasteiger partial charge >= 0.3 is 6.09 Å². The van der Waals surface area contributed by atoms with Crippen molar-refractivity contribution in [2.75, 3.05) is 25.2 Å². The molecule has 0 fully saturated rings. The van der Waals surface area contributed by atoms with Gasteiger partial charge in [0.2, 0.25) is 11.8 Å². The highest BCUT2D eigenvalue weighted by Gasteiger charge is 2.36. The number of carbonyl (C=O) groups excluding carboxylic acids is 3. The van der Waals surface area contributed by atoms with E-state index in [1.165, 1.54) is 28.8 Å². The number of carbonyl (C=O) groups is 3. The SMILES string of the molecule is CSCCC(NC(=O)OC(C)(C)C)C(=O)N(CCO)C(C(=O)NCc1ccccc1)c1ccc(O)cc1. The number of nitrogens with one attached hydrogen (secondary N) is 2. The molecule has 3 amide bonds. The Hall–Kier alpha value is -3.24. The summed E-state index contributed by atoms with van der Waals surface area (Å²) in [7, 11) is 0. The molecule has 0 spiro atoms. The maximum absolute atomic E-state index is 13.8. The van der Waals surface area contributed by atoms with Crippen LogP contribution >= 0.6 is 11.8 Å². The zero-order valence-corrected chi connectivity index (χ0v) is 22.6. The van der Waals surface area contributed by atoms with Gasteiger partial charge in [-0.3, -0.25) is 9.59 Å². The number of ether oxygens (including phenoxy) is 1. The Morgan fingerprint density at radius 3 is 2.27 bits per heavy atom. The number of aromatic hydroxyl groups is 1. The minimum atomic E-state index is -1.11. The average Bonchev–Trinajstić information content (AvgIpc) is 2.85. The minimum Gasteiger partial charge on any atom is -0.508 e. The summed E-state index contributed by atoms with van der Waals surface area (Å²) >= 11 is 1.51. The second-order valence-electron chi connectivity index (χ2n) is 9.43. The molecule has 0 aliphatic carbocycles. The summed E-state index contributed by atoms with van der Waals surface area (Å²) in [5, 5.41) is 25.1. The summed E-state index contributed by atoms with van der Waals surface area (Å²) in [5.74, 6) is -0.403. The normalized spacial score (nSPS) is 12.8. The van der Waals surface area contributed by atoms with Crippen molar-refractivity contribution in [1.29, 1.82) is 0 Å². The van der Waals surface area contributed by atoms with Crippen LogP contribution in [0.1, 0.15) is 44.4 Å². The Kier molecular flexibility index (Phi) is 11.7. The first kappa shape index (κ1) is 30.0. The van der Waals surface area contributed by atoms with Crippen LogP contribution in [-0.2, 0) is 20.9 Å². The van der Waals surface area contributed by atoms with Gasteiger partial charge in [0, 0.05) is 13.1 Å². The first-order chi connectivity index (χ1) is 17.6. The lowest BCUT2D eigenvalue weighted by atomic mass is 10.0. The molecular formula is C27H37N3O6S. The number of thioether (sulfide) groups is 1. The lowest BCUT2D eigenvalue weighted by Gasteiger charge is -2.34. The Bertz CT molecular complexity index is 1010. The summed E-state index contributed by atoms with van der Waals surface area (Å²) < 4.78 is 5.35. The molecule has 0 radical (unpaired) electrons. The highest BCUT2D eigenvalue weighted by atomic mass is 32.2. The van der Waals surface area contributed by atoms with Crippen LogP contribution in [0.25, 0.3) is 0 Å². The Morgan fingerprint density at radius 2 is 1.70 bits per heavy atom. The van der Waals surface area contributed by atoms with E-state index in [0.29, 0.717) is 17.7 Å². The van der Waals surface area contributed by atoms with Gasteiger partial charge in [-0.1, -0.05) is 42.5 Å². The molecule has 0 bridgehead atoms. The van der Waals surface area contributed by atoms with Crippen LogP contribution in [0.4, 0.5) is 4.79 Å². The van der Waals surface area contributed by atoms with Crippen molar-refractivity contribution in [2.45, 2.75) is 51.4 Å². The molecule has 10 heteroatoms. The summed E-state index contributed by atoms with van der Waals surface area (Å²) in [6.07, 6.45) is 1.44. The molecule has 2 atom stereocenters. The van der Waals surface area contributed by atoms with E-state index in [-0.39, 0.29) is 18.8 Å². The van der Waals surface area contributed by atoms with Gasteiger partial charge in [0.25, 0.3) is 0 Å². The predicted octanol–water partition coefficient (Wildman–Crippen LogP) is 3.22. The Labute approximate surface area is 222 Å². The van der Waals surface area contributed by atoms with Crippen molar-refractivity contribution in [3.8, 4) is 5.75 Å². The topological polar surface area (TPSA) is 128 Å². The number of hydrogen-bond acceptors (Lipinski definition) is 7. The van der Waals surface area contributed by atoms with Crippen LogP contribution in [0.5, 0.6) is 5.75 Å². The molecule has 0 aliphatic rings. The Morgan fingerprint density at radius 1 is 1.05 bits per heavy atom. The fourth-order valence-electron chi connectivity index (χ4n) is 3.63. The van der Waals surface area contributed by atoms with E-state index in [1.54, 1.807) is 32.9 Å². The van der Waals surface area contributed by atoms with E-state index in [2.05, 4.69) is 10.6 Å². The van der Waals surface area contributed by atoms with E-state index < -0.39 is 42.2 Å². The molecule has 0 aromatic heterocycles. The van der Waals surface area contributed by atoms with E-state index in [9.17, 15) is 24.6 Å². The number of amides is 3. The third-order valence-electron chi connectivity index (χ3n) is 5.30. The minimum absolute atomic E-state index is 0.0108. The second kappa shape index (κ2) is 14.5. The van der Waals surface area contributed by atoms with Crippen LogP contribution in [0, 0.1) is 0 Å². The van der Waals surface area contributed by atoms with Crippen molar-refractivity contribution in [1.82, 2.24) is 15.5 Å². The highest BCUT2D eigenvalue weighted by molar-refractivity contribution is 7.98. The molecular weight excluding hydrogens is 494 g/mol. The van der Waals surface area contributed by atoms with Crippen molar-refractivity contribution in [3.63, 3.8) is 0 Å². The number of hydrogen-bond donors (Lipinski definition) is 4. The molecule has 202 valence electrons. The van der Waals surface area contributed by atoms with Gasteiger partial charge in [0.05, 0.1) is 6.61 Å². The van der Waals surface area contributed by atoms with Gasteiger partial charge in [0.15, 0.2) is 0 Å². The maximum Gasteiger partial charge on any atom is 0.408 e. The molecule has 2 aromatic rings. The Balaban J connectivity index is 2.39. The molecule has 37 heavy (non-hydrogen) atoms. The van der Waals surface area contributed by atoms with Gasteiger partial charge in [-0.2, -0.15) is 11.8 Å². The maximum atomic E-state index is 13.8. The number of aliphatic hydroxyl groups excluding tert-OH is 1. The molecule has 2 unspecified atom stereocenters. The van der Waals surface area contributed by atoms with E-state index in [4.69, 9.17) is 4.74 Å². The van der Waals surface area contributed by atoms with E-state index >= 15 is 0 Å². The lowest BCUT2D eigenvalue weighted by molar-refractivity contribution is -0.143. The smallest absolute Gasteiger partial charge is 0.408 e. The zero-order chi connectivity index (χ0) is 27.4. The first-order valence-corrected chi connectivity index (χ1v) is 13.5. The average molecular weight is 532 g/mol. The molecule has 9 nitrogen and oxygen atoms in total. The van der Waals surface area contributed by atoms with Crippen LogP contribution in [0.2, 0.25) is 0 Å². The van der Waals surface area contributed by atoms with Crippen LogP contribution < -0.4 is 10.6 Å². The van der Waals surface area contributed by atoms with Gasteiger partial charge in [0.1, 0.15) is 23.4 Å². The fraction of sp³-hybridized carbons (Fsp3) is 0.444. The molecule has 2 rings (SSSR count). The summed E-state index contributed by atoms with van der Waals surface area (Å²) in [6, 6.07) is 13.2. The molecule has 2 aromatic carbocycles. The molecule has 0 saturated carbocycles. The predicted molar refractivity (Wildman–Crippen MR) is 144 cm³/mol. The number of alkyl carbamates (subject to hydrolysis) is 1. The first-order valence-electron chi connectivity index (χ1n) is 12.1. The standard InChI is InChI=1S/C27H37N3O6S/c1-27(2,3)36-26(35)29-22(14-17-37-4)25(34)30(15-16-31)23(20-10-12-21(32)13-11-20)24(33)28-18-19-8-6-5-7-9-19/h5-13,22-23,31-32H,14-18H2,1-4H3,(H,28,33)(H,29,35). The number of aliphatic hydroxyl groups is 1. The number of phenols is 1. The number of rotatable bonds is 12. The molecule has 0 saturated heterocycles. The van der Waals surface area contributed by atoms with Crippen molar-refractivity contribution >= 4 is 29.7 Å². The number of benzene rings is 2. The van der Waals surface area contributed by atoms with Gasteiger partial charge in [-0.25, -0.2) is 4.79 Å². The summed E-state index contributed by atoms with van der Waals surface area (Å²) in [4.78, 5) is 41.1. The molecule has 4 N–H and O–H groups in total. The molecule has 0 aliphatic heterocycles. The third-order valence-corrected chi connectivity index (χ3v) is 5.95. The highest BCUT2D eigenvalue weighted by Crippen LogP contribution is 2.25. The van der Waals surface area contributed by atoms with Gasteiger partial charge in [-0.15, -0.1) is 0 Å². The lowest BCUT2D eigenvalue weighted by Crippen LogP contribution is -2.53. The van der Waals surface area contributed by atoms with Crippen molar-refractivity contribution < 1.29 is 29.3 Å². The van der Waals surface area contributed by atoms with Crippen molar-refractivity contribution in [3.05, 3.63) is 65.7 Å².